The first-order chi connectivity index (χ1) is 19.3. The van der Waals surface area contributed by atoms with Crippen LogP contribution in [-0.4, -0.2) is 56.8 Å². The van der Waals surface area contributed by atoms with Gasteiger partial charge in [0.2, 0.25) is 5.91 Å². The molecule has 1 amide bonds. The molecule has 4 heterocycles. The van der Waals surface area contributed by atoms with E-state index in [9.17, 15) is 35.9 Å². The molecule has 2 aromatic heterocycles. The van der Waals surface area contributed by atoms with Gasteiger partial charge in [-0.25, -0.2) is 31.3 Å². The maximum atomic E-state index is 15.0. The molecule has 0 radical (unpaired) electrons. The van der Waals surface area contributed by atoms with Gasteiger partial charge in [0, 0.05) is 50.0 Å². The largest absolute Gasteiger partial charge is 0.329 e. The van der Waals surface area contributed by atoms with Crippen molar-refractivity contribution >= 4 is 11.7 Å². The number of alkyl halides is 4. The van der Waals surface area contributed by atoms with Crippen molar-refractivity contribution in [3.8, 4) is 0 Å². The molecule has 0 aliphatic carbocycles. The van der Waals surface area contributed by atoms with Gasteiger partial charge in [-0.3, -0.25) is 14.5 Å². The van der Waals surface area contributed by atoms with E-state index in [0.29, 0.717) is 24.2 Å². The number of carbonyl (C=O) groups excluding carboxylic acids is 1. The highest BCUT2D eigenvalue weighted by Crippen LogP contribution is 2.41. The number of benzene rings is 1. The van der Waals surface area contributed by atoms with E-state index in [1.807, 2.05) is 0 Å². The number of hydrogen-bond acceptors (Lipinski definition) is 5. The van der Waals surface area contributed by atoms with Crippen molar-refractivity contribution in [3.05, 3.63) is 81.2 Å². The summed E-state index contributed by atoms with van der Waals surface area (Å²) in [6.07, 6.45) is 0.0658. The van der Waals surface area contributed by atoms with Crippen LogP contribution in [0, 0.1) is 11.6 Å². The molecular formula is C27H28F6N6O2. The van der Waals surface area contributed by atoms with Gasteiger partial charge in [0.05, 0.1) is 24.0 Å². The molecule has 14 heteroatoms. The smallest absolute Gasteiger partial charge is 0.257 e. The van der Waals surface area contributed by atoms with Crippen molar-refractivity contribution in [2.24, 2.45) is 5.73 Å². The van der Waals surface area contributed by atoms with Crippen LogP contribution < -0.4 is 16.6 Å². The highest BCUT2D eigenvalue weighted by Gasteiger charge is 2.47. The number of halogens is 6. The van der Waals surface area contributed by atoms with Crippen molar-refractivity contribution in [3.63, 3.8) is 0 Å². The molecule has 8 nitrogen and oxygen atoms in total. The first kappa shape index (κ1) is 28.9. The average Bonchev–Trinajstić information content (AvgIpc) is 3.48. The summed E-state index contributed by atoms with van der Waals surface area (Å²) in [6, 6.07) is 1.09. The van der Waals surface area contributed by atoms with Crippen molar-refractivity contribution in [2.45, 2.75) is 62.6 Å². The Morgan fingerprint density at radius 1 is 1.17 bits per heavy atom. The predicted molar refractivity (Wildman–Crippen MR) is 137 cm³/mol. The number of piperidine rings is 1. The average molecular weight is 583 g/mol. The molecule has 0 bridgehead atoms. The van der Waals surface area contributed by atoms with Crippen LogP contribution in [0.1, 0.15) is 60.3 Å². The van der Waals surface area contributed by atoms with E-state index in [0.717, 1.165) is 18.3 Å². The minimum Gasteiger partial charge on any atom is -0.329 e. The number of aromatic amines is 1. The lowest BCUT2D eigenvalue weighted by Crippen LogP contribution is -2.52. The van der Waals surface area contributed by atoms with Crippen LogP contribution >= 0.6 is 0 Å². The molecule has 0 saturated carbocycles. The highest BCUT2D eigenvalue weighted by molar-refractivity contribution is 5.93. The Morgan fingerprint density at radius 2 is 1.88 bits per heavy atom. The summed E-state index contributed by atoms with van der Waals surface area (Å²) in [4.78, 5) is 33.3. The van der Waals surface area contributed by atoms with E-state index in [-0.39, 0.29) is 30.5 Å². The number of nitrogens with one attached hydrogen (secondary N) is 2. The van der Waals surface area contributed by atoms with Crippen LogP contribution in [0.15, 0.2) is 41.5 Å². The minimum atomic E-state index is -3.23. The van der Waals surface area contributed by atoms with E-state index in [4.69, 9.17) is 5.73 Å². The van der Waals surface area contributed by atoms with Gasteiger partial charge in [-0.05, 0) is 42.7 Å². The lowest BCUT2D eigenvalue weighted by Gasteiger charge is -2.40. The number of imidazole rings is 1. The van der Waals surface area contributed by atoms with E-state index < -0.39 is 65.4 Å². The fourth-order valence-electron chi connectivity index (χ4n) is 5.57. The molecule has 0 unspecified atom stereocenters. The van der Waals surface area contributed by atoms with Gasteiger partial charge in [-0.2, -0.15) is 0 Å². The molecule has 1 aromatic carbocycles. The summed E-state index contributed by atoms with van der Waals surface area (Å²) in [6.45, 7) is 1.14. The summed E-state index contributed by atoms with van der Waals surface area (Å²) in [5.74, 6) is -5.79. The minimum absolute atomic E-state index is 0.0663. The van der Waals surface area contributed by atoms with Crippen molar-refractivity contribution < 1.29 is 31.1 Å². The van der Waals surface area contributed by atoms with Crippen molar-refractivity contribution in [1.82, 2.24) is 19.4 Å². The first-order valence-electron chi connectivity index (χ1n) is 13.1. The number of H-pyrrole nitrogens is 1. The fourth-order valence-corrected chi connectivity index (χ4v) is 5.57. The molecule has 0 spiro atoms. The summed E-state index contributed by atoms with van der Waals surface area (Å²) in [5, 5.41) is 2.69. The molecule has 41 heavy (non-hydrogen) atoms. The van der Waals surface area contributed by atoms with Gasteiger partial charge in [0.1, 0.15) is 17.5 Å². The summed E-state index contributed by atoms with van der Waals surface area (Å²) in [5.41, 5.74) is 4.40. The molecule has 4 atom stereocenters. The topological polar surface area (TPSA) is 109 Å². The summed E-state index contributed by atoms with van der Waals surface area (Å²) < 4.78 is 85.5. The standard InChI is InChI=1S/C27H28F6N6O2/c1-13(25(40)37-21-12-39-20(2-3-22(39)36-21)14-6-16(28)9-17(29)7-14)38-5-4-27(32,33)19(11-38)15-8-18(23(34)24(30)31)26(41)35-10-15/h6-10,12-13,19-20,23-24H,2-5,11,34H2,1H3,(H,35,41)(H,37,40)/t13-,19-,20+,23-/m0/s1. The monoisotopic (exact) mass is 582 g/mol. The lowest BCUT2D eigenvalue weighted by atomic mass is 9.86. The molecule has 1 fully saturated rings. The Hall–Kier alpha value is -3.65. The quantitative estimate of drug-likeness (QED) is 0.364. The van der Waals surface area contributed by atoms with Gasteiger partial charge in [-0.15, -0.1) is 0 Å². The van der Waals surface area contributed by atoms with Crippen LogP contribution in [0.5, 0.6) is 0 Å². The zero-order valence-corrected chi connectivity index (χ0v) is 21.9. The van der Waals surface area contributed by atoms with Crippen LogP contribution in [0.25, 0.3) is 0 Å². The molecule has 3 aromatic rings. The number of anilines is 1. The number of nitrogens with two attached hydrogens (primary N) is 1. The third kappa shape index (κ3) is 5.75. The number of carbonyl (C=O) groups is 1. The number of pyridine rings is 1. The predicted octanol–water partition coefficient (Wildman–Crippen LogP) is 4.10. The zero-order chi connectivity index (χ0) is 29.6. The zero-order valence-electron chi connectivity index (χ0n) is 21.9. The molecule has 5 rings (SSSR count). The maximum absolute atomic E-state index is 15.0. The SMILES string of the molecule is C[C@@H](C(=O)Nc1cn2c(n1)CC[C@@H]2c1cc(F)cc(F)c1)N1CCC(F)(F)[C@H](c2c[nH]c(=O)c([C@H](N)C(F)F)c2)C1. The van der Waals surface area contributed by atoms with Crippen LogP contribution in [0.3, 0.4) is 0 Å². The number of aromatic nitrogens is 3. The van der Waals surface area contributed by atoms with Gasteiger partial charge in [0.15, 0.2) is 5.82 Å². The van der Waals surface area contributed by atoms with Gasteiger partial charge < -0.3 is 20.6 Å². The van der Waals surface area contributed by atoms with Gasteiger partial charge in [0.25, 0.3) is 17.9 Å². The first-order valence-corrected chi connectivity index (χ1v) is 13.1. The Morgan fingerprint density at radius 3 is 2.56 bits per heavy atom. The molecule has 2 aliphatic rings. The van der Waals surface area contributed by atoms with Gasteiger partial charge in [-0.1, -0.05) is 0 Å². The number of aryl methyl sites for hydroxylation is 1. The number of amides is 1. The van der Waals surface area contributed by atoms with Crippen LogP contribution in [0.4, 0.5) is 32.2 Å². The van der Waals surface area contributed by atoms with E-state index >= 15 is 0 Å². The Kier molecular flexibility index (Phi) is 7.72. The second kappa shape index (κ2) is 11.0. The molecule has 4 N–H and O–H groups in total. The maximum Gasteiger partial charge on any atom is 0.257 e. The van der Waals surface area contributed by atoms with Crippen molar-refractivity contribution in [1.29, 1.82) is 0 Å². The van der Waals surface area contributed by atoms with E-state index in [2.05, 4.69) is 15.3 Å². The highest BCUT2D eigenvalue weighted by atomic mass is 19.3. The molecule has 2 aliphatic heterocycles. The van der Waals surface area contributed by atoms with E-state index in [1.54, 1.807) is 17.7 Å². The fraction of sp³-hybridized carbons (Fsp3) is 0.444. The molecule has 1 saturated heterocycles. The molecular weight excluding hydrogens is 554 g/mol. The number of fused-ring (bicyclic) bond motifs is 1. The lowest BCUT2D eigenvalue weighted by molar-refractivity contribution is -0.125. The van der Waals surface area contributed by atoms with Crippen LogP contribution in [0.2, 0.25) is 0 Å². The van der Waals surface area contributed by atoms with Gasteiger partial charge >= 0.3 is 0 Å². The Bertz CT molecular complexity index is 1490. The summed E-state index contributed by atoms with van der Waals surface area (Å²) in [7, 11) is 0. The Labute approximate surface area is 230 Å². The van der Waals surface area contributed by atoms with Crippen LogP contribution in [-0.2, 0) is 11.2 Å². The number of likely N-dealkylation sites (tertiary alicyclic amines) is 1. The third-order valence-corrected chi connectivity index (χ3v) is 7.88. The second-order valence-corrected chi connectivity index (χ2v) is 10.5. The number of nitrogens with zero attached hydrogens (tertiary/aromatic N) is 3. The normalized spacial score (nSPS) is 22.0. The molecule has 220 valence electrons. The number of hydrogen-bond donors (Lipinski definition) is 3. The van der Waals surface area contributed by atoms with Crippen molar-refractivity contribution in [2.75, 3.05) is 18.4 Å². The number of rotatable bonds is 7. The van der Waals surface area contributed by atoms with E-state index in [1.165, 1.54) is 17.0 Å². The summed E-state index contributed by atoms with van der Waals surface area (Å²) >= 11 is 0. The Balaban J connectivity index is 1.30. The second-order valence-electron chi connectivity index (χ2n) is 10.5. The third-order valence-electron chi connectivity index (χ3n) is 7.88.